The minimum absolute atomic E-state index is 0.0262. The molecule has 118 valence electrons. The molecule has 0 saturated heterocycles. The Morgan fingerprint density at radius 3 is 2.71 bits per heavy atom. The number of sulfonamides is 1. The Bertz CT molecular complexity index is 561. The standard InChI is InChI=1S/C15H24N2O2S2/c1-20-15-8-3-2-7-14(15)17-21(18,19)11-13-6-4-5-12(9-13)10-16/h4-6,9,14-15,17H,2-3,7-8,10-11,16H2,1H3. The first-order valence-electron chi connectivity index (χ1n) is 7.35. The molecule has 0 amide bonds. The largest absolute Gasteiger partial charge is 0.326 e. The van der Waals surface area contributed by atoms with Gasteiger partial charge in [0.1, 0.15) is 0 Å². The van der Waals surface area contributed by atoms with Crippen LogP contribution in [0.1, 0.15) is 36.8 Å². The van der Waals surface area contributed by atoms with Gasteiger partial charge in [-0.1, -0.05) is 37.1 Å². The lowest BCUT2D eigenvalue weighted by Gasteiger charge is -2.30. The van der Waals surface area contributed by atoms with Crippen LogP contribution in [0.3, 0.4) is 0 Å². The van der Waals surface area contributed by atoms with E-state index in [0.29, 0.717) is 11.8 Å². The van der Waals surface area contributed by atoms with E-state index in [1.54, 1.807) is 11.8 Å². The van der Waals surface area contributed by atoms with Crippen LogP contribution in [0.15, 0.2) is 24.3 Å². The first-order valence-corrected chi connectivity index (χ1v) is 10.3. The number of thioether (sulfide) groups is 1. The van der Waals surface area contributed by atoms with E-state index in [0.717, 1.165) is 30.4 Å². The molecule has 0 bridgehead atoms. The highest BCUT2D eigenvalue weighted by atomic mass is 32.2. The third kappa shape index (κ3) is 4.98. The second kappa shape index (κ2) is 7.63. The van der Waals surface area contributed by atoms with Crippen LogP contribution >= 0.6 is 11.8 Å². The highest BCUT2D eigenvalue weighted by molar-refractivity contribution is 7.99. The van der Waals surface area contributed by atoms with Crippen molar-refractivity contribution in [1.29, 1.82) is 0 Å². The number of nitrogens with two attached hydrogens (primary N) is 1. The lowest BCUT2D eigenvalue weighted by atomic mass is 9.96. The van der Waals surface area contributed by atoms with E-state index in [4.69, 9.17) is 5.73 Å². The summed E-state index contributed by atoms with van der Waals surface area (Å²) in [5, 5.41) is 0.393. The van der Waals surface area contributed by atoms with Crippen LogP contribution < -0.4 is 10.5 Å². The van der Waals surface area contributed by atoms with Gasteiger partial charge in [-0.05, 0) is 30.2 Å². The maximum Gasteiger partial charge on any atom is 0.216 e. The highest BCUT2D eigenvalue weighted by Gasteiger charge is 2.28. The van der Waals surface area contributed by atoms with E-state index >= 15 is 0 Å². The third-order valence-electron chi connectivity index (χ3n) is 3.92. The predicted octanol–water partition coefficient (Wildman–Crippen LogP) is 2.24. The molecule has 0 spiro atoms. The summed E-state index contributed by atoms with van der Waals surface area (Å²) in [6.07, 6.45) is 6.39. The van der Waals surface area contributed by atoms with Crippen molar-refractivity contribution < 1.29 is 8.42 Å². The summed E-state index contributed by atoms with van der Waals surface area (Å²) < 4.78 is 27.7. The molecule has 1 fully saturated rings. The Morgan fingerprint density at radius 1 is 1.29 bits per heavy atom. The van der Waals surface area contributed by atoms with Gasteiger partial charge in [-0.25, -0.2) is 13.1 Å². The topological polar surface area (TPSA) is 72.2 Å². The van der Waals surface area contributed by atoms with E-state index < -0.39 is 10.0 Å². The average Bonchev–Trinajstić information content (AvgIpc) is 2.47. The molecule has 1 aliphatic rings. The van der Waals surface area contributed by atoms with E-state index in [9.17, 15) is 8.42 Å². The van der Waals surface area contributed by atoms with Gasteiger partial charge in [-0.2, -0.15) is 11.8 Å². The Kier molecular flexibility index (Phi) is 6.10. The third-order valence-corrected chi connectivity index (χ3v) is 6.46. The van der Waals surface area contributed by atoms with Crippen LogP contribution in [0.5, 0.6) is 0 Å². The summed E-state index contributed by atoms with van der Waals surface area (Å²) in [6, 6.07) is 7.54. The van der Waals surface area contributed by atoms with Crippen molar-refractivity contribution in [2.45, 2.75) is 49.3 Å². The molecular weight excluding hydrogens is 304 g/mol. The lowest BCUT2D eigenvalue weighted by Crippen LogP contribution is -2.44. The summed E-state index contributed by atoms with van der Waals surface area (Å²) in [5.41, 5.74) is 7.35. The number of rotatable bonds is 6. The van der Waals surface area contributed by atoms with Crippen molar-refractivity contribution in [3.05, 3.63) is 35.4 Å². The van der Waals surface area contributed by atoms with Crippen molar-refractivity contribution in [2.24, 2.45) is 5.73 Å². The average molecular weight is 329 g/mol. The van der Waals surface area contributed by atoms with E-state index in [2.05, 4.69) is 11.0 Å². The summed E-state index contributed by atoms with van der Waals surface area (Å²) in [7, 11) is -3.31. The van der Waals surface area contributed by atoms with Crippen molar-refractivity contribution in [1.82, 2.24) is 4.72 Å². The number of hydrogen-bond donors (Lipinski definition) is 2. The molecule has 0 aromatic heterocycles. The zero-order valence-corrected chi connectivity index (χ0v) is 14.1. The Balaban J connectivity index is 2.03. The zero-order valence-electron chi connectivity index (χ0n) is 12.4. The van der Waals surface area contributed by atoms with Crippen LogP contribution in [0.4, 0.5) is 0 Å². The zero-order chi connectivity index (χ0) is 15.3. The van der Waals surface area contributed by atoms with E-state index in [1.807, 2.05) is 24.3 Å². The Morgan fingerprint density at radius 2 is 2.00 bits per heavy atom. The summed E-state index contributed by atoms with van der Waals surface area (Å²) in [6.45, 7) is 0.429. The molecule has 0 aliphatic heterocycles. The first kappa shape index (κ1) is 16.8. The second-order valence-electron chi connectivity index (χ2n) is 5.57. The fourth-order valence-electron chi connectivity index (χ4n) is 2.85. The van der Waals surface area contributed by atoms with Gasteiger partial charge in [0.25, 0.3) is 0 Å². The molecule has 0 heterocycles. The molecule has 3 N–H and O–H groups in total. The van der Waals surface area contributed by atoms with Crippen molar-refractivity contribution in [3.8, 4) is 0 Å². The maximum atomic E-state index is 12.4. The van der Waals surface area contributed by atoms with Gasteiger partial charge in [-0.15, -0.1) is 0 Å². The SMILES string of the molecule is CSC1CCCCC1NS(=O)(=O)Cc1cccc(CN)c1. The van der Waals surface area contributed by atoms with Gasteiger partial charge >= 0.3 is 0 Å². The molecule has 2 rings (SSSR count). The van der Waals surface area contributed by atoms with Crippen LogP contribution in [0, 0.1) is 0 Å². The van der Waals surface area contributed by atoms with Gasteiger partial charge in [0.15, 0.2) is 0 Å². The van der Waals surface area contributed by atoms with Crippen LogP contribution in [0.25, 0.3) is 0 Å². The number of nitrogens with one attached hydrogen (secondary N) is 1. The highest BCUT2D eigenvalue weighted by Crippen LogP contribution is 2.27. The van der Waals surface area contributed by atoms with E-state index in [-0.39, 0.29) is 11.8 Å². The van der Waals surface area contributed by atoms with Gasteiger partial charge in [-0.3, -0.25) is 0 Å². The van der Waals surface area contributed by atoms with Gasteiger partial charge in [0.05, 0.1) is 5.75 Å². The predicted molar refractivity (Wildman–Crippen MR) is 89.7 cm³/mol. The molecular formula is C15H24N2O2S2. The molecule has 4 nitrogen and oxygen atoms in total. The molecule has 1 aliphatic carbocycles. The van der Waals surface area contributed by atoms with Crippen LogP contribution in [-0.2, 0) is 22.3 Å². The molecule has 21 heavy (non-hydrogen) atoms. The smallest absolute Gasteiger partial charge is 0.216 e. The lowest BCUT2D eigenvalue weighted by molar-refractivity contribution is 0.423. The summed E-state index contributed by atoms with van der Waals surface area (Å²) in [5.74, 6) is 0.0262. The fourth-order valence-corrected chi connectivity index (χ4v) is 5.32. The molecule has 2 unspecified atom stereocenters. The van der Waals surface area contributed by atoms with Crippen molar-refractivity contribution in [3.63, 3.8) is 0 Å². The fraction of sp³-hybridized carbons (Fsp3) is 0.600. The van der Waals surface area contributed by atoms with Crippen LogP contribution in [-0.4, -0.2) is 26.0 Å². The minimum Gasteiger partial charge on any atom is -0.326 e. The van der Waals surface area contributed by atoms with Gasteiger partial charge in [0.2, 0.25) is 10.0 Å². The number of benzene rings is 1. The summed E-state index contributed by atoms with van der Waals surface area (Å²) in [4.78, 5) is 0. The minimum atomic E-state index is -3.31. The normalized spacial score (nSPS) is 23.1. The van der Waals surface area contributed by atoms with Gasteiger partial charge in [0, 0.05) is 17.8 Å². The molecule has 1 aromatic carbocycles. The number of hydrogen-bond acceptors (Lipinski definition) is 4. The molecule has 1 saturated carbocycles. The molecule has 2 atom stereocenters. The quantitative estimate of drug-likeness (QED) is 0.840. The second-order valence-corrected chi connectivity index (χ2v) is 8.40. The maximum absolute atomic E-state index is 12.4. The van der Waals surface area contributed by atoms with Crippen molar-refractivity contribution >= 4 is 21.8 Å². The monoisotopic (exact) mass is 328 g/mol. The molecule has 1 aromatic rings. The molecule has 6 heteroatoms. The van der Waals surface area contributed by atoms with Gasteiger partial charge < -0.3 is 5.73 Å². The first-order chi connectivity index (χ1) is 10.0. The summed E-state index contributed by atoms with van der Waals surface area (Å²) >= 11 is 1.76. The molecule has 0 radical (unpaired) electrons. The Labute approximate surface area is 131 Å². The van der Waals surface area contributed by atoms with E-state index in [1.165, 1.54) is 6.42 Å². The Hall–Kier alpha value is -0.560. The van der Waals surface area contributed by atoms with Crippen LogP contribution in [0.2, 0.25) is 0 Å². The van der Waals surface area contributed by atoms with Crippen molar-refractivity contribution in [2.75, 3.05) is 6.26 Å².